The number of hydrogen-bond donors (Lipinski definition) is 2. The Morgan fingerprint density at radius 2 is 2.31 bits per heavy atom. The van der Waals surface area contributed by atoms with E-state index in [1.807, 2.05) is 4.57 Å². The predicted octanol–water partition coefficient (Wildman–Crippen LogP) is 0.206. The van der Waals surface area contributed by atoms with E-state index in [0.717, 1.165) is 19.3 Å². The van der Waals surface area contributed by atoms with Crippen molar-refractivity contribution in [2.24, 2.45) is 0 Å². The number of rotatable bonds is 1. The van der Waals surface area contributed by atoms with Gasteiger partial charge in [0, 0.05) is 0 Å². The van der Waals surface area contributed by atoms with Crippen LogP contribution in [0.3, 0.4) is 0 Å². The third-order valence-corrected chi connectivity index (χ3v) is 3.17. The summed E-state index contributed by atoms with van der Waals surface area (Å²) in [5, 5.41) is 9.83. The molecule has 0 aliphatic heterocycles. The molecule has 2 aromatic rings. The first-order chi connectivity index (χ1) is 7.77. The summed E-state index contributed by atoms with van der Waals surface area (Å²) in [7, 11) is 0. The molecule has 1 aliphatic carbocycles. The summed E-state index contributed by atoms with van der Waals surface area (Å²) in [6, 6.07) is -0.000648. The van der Waals surface area contributed by atoms with Gasteiger partial charge in [-0.1, -0.05) is 0 Å². The molecular formula is C10H12N4O2. The van der Waals surface area contributed by atoms with Crippen molar-refractivity contribution < 1.29 is 5.11 Å². The second kappa shape index (κ2) is 3.41. The molecule has 0 unspecified atom stereocenters. The van der Waals surface area contributed by atoms with Crippen molar-refractivity contribution in [3.05, 3.63) is 23.0 Å². The largest absolute Gasteiger partial charge is 0.391 e. The highest BCUT2D eigenvalue weighted by Crippen LogP contribution is 2.31. The van der Waals surface area contributed by atoms with Crippen molar-refractivity contribution in [1.82, 2.24) is 19.5 Å². The molecule has 16 heavy (non-hydrogen) atoms. The van der Waals surface area contributed by atoms with Crippen LogP contribution in [0, 0.1) is 0 Å². The van der Waals surface area contributed by atoms with Crippen LogP contribution in [-0.4, -0.2) is 30.7 Å². The lowest BCUT2D eigenvalue weighted by atomic mass is 10.2. The van der Waals surface area contributed by atoms with Crippen molar-refractivity contribution in [1.29, 1.82) is 0 Å². The lowest BCUT2D eigenvalue weighted by molar-refractivity contribution is 0.138. The van der Waals surface area contributed by atoms with E-state index < -0.39 is 0 Å². The zero-order valence-corrected chi connectivity index (χ0v) is 8.63. The Balaban J connectivity index is 2.18. The summed E-state index contributed by atoms with van der Waals surface area (Å²) in [5.41, 5.74) is 0.646. The van der Waals surface area contributed by atoms with Gasteiger partial charge in [-0.15, -0.1) is 0 Å². The first kappa shape index (κ1) is 9.53. The van der Waals surface area contributed by atoms with Gasteiger partial charge >= 0.3 is 0 Å². The van der Waals surface area contributed by atoms with Crippen LogP contribution in [0.5, 0.6) is 0 Å². The summed E-state index contributed by atoms with van der Waals surface area (Å²) in [5.74, 6) is 0. The minimum absolute atomic E-state index is 0.000648. The number of aromatic nitrogens is 4. The number of fused-ring (bicyclic) bond motifs is 1. The van der Waals surface area contributed by atoms with E-state index in [9.17, 15) is 9.90 Å². The van der Waals surface area contributed by atoms with Gasteiger partial charge in [0.2, 0.25) is 0 Å². The number of hydrogen-bond acceptors (Lipinski definition) is 4. The molecule has 0 aromatic carbocycles. The van der Waals surface area contributed by atoms with Crippen LogP contribution < -0.4 is 5.56 Å². The molecule has 2 N–H and O–H groups in total. The molecule has 0 amide bonds. The predicted molar refractivity (Wildman–Crippen MR) is 57.0 cm³/mol. The fraction of sp³-hybridized carbons (Fsp3) is 0.500. The zero-order chi connectivity index (χ0) is 11.1. The van der Waals surface area contributed by atoms with Crippen LogP contribution in [-0.2, 0) is 0 Å². The molecule has 1 aliphatic rings. The number of nitrogens with zero attached hydrogens (tertiary/aromatic N) is 3. The Hall–Kier alpha value is -1.69. The molecular weight excluding hydrogens is 208 g/mol. The molecule has 0 saturated heterocycles. The van der Waals surface area contributed by atoms with Crippen molar-refractivity contribution >= 4 is 11.2 Å². The lowest BCUT2D eigenvalue weighted by Crippen LogP contribution is -2.18. The minimum atomic E-state index is -0.363. The molecule has 2 heterocycles. The number of aromatic amines is 1. The first-order valence-electron chi connectivity index (χ1n) is 5.35. The molecule has 1 fully saturated rings. The Labute approximate surface area is 91.0 Å². The van der Waals surface area contributed by atoms with E-state index in [1.54, 1.807) is 6.33 Å². The second-order valence-electron chi connectivity index (χ2n) is 4.12. The van der Waals surface area contributed by atoms with E-state index in [2.05, 4.69) is 15.0 Å². The van der Waals surface area contributed by atoms with Gasteiger partial charge in [0.1, 0.15) is 0 Å². The Morgan fingerprint density at radius 1 is 1.44 bits per heavy atom. The standard InChI is InChI=1S/C10H12N4O2/c15-7-3-1-2-6(7)14-5-13-8-9(14)11-4-12-10(8)16/h4-7,15H,1-3H2,(H,11,12,16)/t6-,7-/m0/s1. The summed E-state index contributed by atoms with van der Waals surface area (Å²) in [6.45, 7) is 0. The SMILES string of the molecule is O=c1[nH]cnc2c1ncn2[C@H]1CCC[C@@H]1O. The van der Waals surface area contributed by atoms with E-state index in [-0.39, 0.29) is 17.7 Å². The van der Waals surface area contributed by atoms with Crippen LogP contribution in [0.4, 0.5) is 0 Å². The monoisotopic (exact) mass is 220 g/mol. The fourth-order valence-corrected chi connectivity index (χ4v) is 2.35. The summed E-state index contributed by atoms with van der Waals surface area (Å²) in [6.07, 6.45) is 5.29. The Kier molecular flexibility index (Phi) is 2.03. The second-order valence-corrected chi connectivity index (χ2v) is 4.12. The van der Waals surface area contributed by atoms with Gasteiger partial charge in [-0.25, -0.2) is 9.97 Å². The Bertz CT molecular complexity index is 573. The highest BCUT2D eigenvalue weighted by molar-refractivity contribution is 5.68. The van der Waals surface area contributed by atoms with Gasteiger partial charge in [0.25, 0.3) is 5.56 Å². The van der Waals surface area contributed by atoms with Gasteiger partial charge < -0.3 is 14.7 Å². The summed E-state index contributed by atoms with van der Waals surface area (Å²) in [4.78, 5) is 22.1. The number of H-pyrrole nitrogens is 1. The molecule has 2 aromatic heterocycles. The van der Waals surface area contributed by atoms with Crippen LogP contribution in [0.1, 0.15) is 25.3 Å². The van der Waals surface area contributed by atoms with Crippen molar-refractivity contribution in [3.8, 4) is 0 Å². The summed E-state index contributed by atoms with van der Waals surface area (Å²) < 4.78 is 1.81. The molecule has 6 nitrogen and oxygen atoms in total. The van der Waals surface area contributed by atoms with Crippen molar-refractivity contribution in [3.63, 3.8) is 0 Å². The number of aliphatic hydroxyl groups is 1. The highest BCUT2D eigenvalue weighted by atomic mass is 16.3. The minimum Gasteiger partial charge on any atom is -0.391 e. The summed E-state index contributed by atoms with van der Waals surface area (Å²) >= 11 is 0. The zero-order valence-electron chi connectivity index (χ0n) is 8.63. The topological polar surface area (TPSA) is 83.8 Å². The first-order valence-corrected chi connectivity index (χ1v) is 5.35. The number of nitrogens with one attached hydrogen (secondary N) is 1. The van der Waals surface area contributed by atoms with Gasteiger partial charge in [0.05, 0.1) is 24.8 Å². The average Bonchev–Trinajstić information content (AvgIpc) is 2.84. The van der Waals surface area contributed by atoms with Crippen LogP contribution in [0.25, 0.3) is 11.2 Å². The van der Waals surface area contributed by atoms with E-state index in [4.69, 9.17) is 0 Å². The van der Waals surface area contributed by atoms with Gasteiger partial charge in [-0.05, 0) is 19.3 Å². The molecule has 0 bridgehead atoms. The Morgan fingerprint density at radius 3 is 3.06 bits per heavy atom. The molecule has 2 atom stereocenters. The fourth-order valence-electron chi connectivity index (χ4n) is 2.35. The highest BCUT2D eigenvalue weighted by Gasteiger charge is 2.28. The lowest BCUT2D eigenvalue weighted by Gasteiger charge is -2.15. The maximum Gasteiger partial charge on any atom is 0.278 e. The van der Waals surface area contributed by atoms with E-state index in [1.165, 1.54) is 6.33 Å². The average molecular weight is 220 g/mol. The molecule has 3 rings (SSSR count). The van der Waals surface area contributed by atoms with Crippen molar-refractivity contribution in [2.75, 3.05) is 0 Å². The molecule has 0 spiro atoms. The quantitative estimate of drug-likeness (QED) is 0.719. The van der Waals surface area contributed by atoms with Crippen LogP contribution in [0.15, 0.2) is 17.4 Å². The van der Waals surface area contributed by atoms with Gasteiger partial charge in [0.15, 0.2) is 11.2 Å². The molecule has 84 valence electrons. The van der Waals surface area contributed by atoms with Crippen LogP contribution in [0.2, 0.25) is 0 Å². The maximum absolute atomic E-state index is 11.5. The molecule has 1 saturated carbocycles. The normalized spacial score (nSPS) is 25.3. The number of imidazole rings is 1. The van der Waals surface area contributed by atoms with E-state index in [0.29, 0.717) is 11.2 Å². The smallest absolute Gasteiger partial charge is 0.278 e. The maximum atomic E-state index is 11.5. The molecule has 0 radical (unpaired) electrons. The van der Waals surface area contributed by atoms with E-state index >= 15 is 0 Å². The number of aliphatic hydroxyl groups excluding tert-OH is 1. The van der Waals surface area contributed by atoms with Gasteiger partial charge in [-0.3, -0.25) is 4.79 Å². The van der Waals surface area contributed by atoms with Gasteiger partial charge in [-0.2, -0.15) is 0 Å². The molecule has 6 heteroatoms. The third-order valence-electron chi connectivity index (χ3n) is 3.17. The third kappa shape index (κ3) is 1.26. The van der Waals surface area contributed by atoms with Crippen molar-refractivity contribution in [2.45, 2.75) is 31.4 Å². The van der Waals surface area contributed by atoms with Crippen LogP contribution >= 0.6 is 0 Å².